The standard InChI is InChI=1S/C23H20N6O3.C15H16.C14H14O.C9H8N6O3.C8H9BrO.C6H7BO2/c1-27-14-24-21-20(27)22(30)28(15-25-21)13-19-26-29(23(31)32-19)11-10-16-6-5-9-18(12-16)17-7-3-2-4-8-17;1-2-7-13-8-6-11-15(12-13)14-9-4-3-5-10-14;15-10-9-12-5-4-8-14(11-12)13-6-2-1-3-7-13;1-14-3-10-7-6(14)8(16)15(4-11-7)2-5-12-13-9(17)18-5;9-8-3-1-2-7(6-8)4-5-10;8-7(9)6-4-2-1-3-5-6/h2-9,12,14-15H,10-11,13H2,1H3;3-6,8-12H,2,7H2,1H3;1-8,11,15H,9-10H2;3-4H,2H2,1H3,(H,13,17);1-3,6,10H,4-5H2;1-5,8-9H. The van der Waals surface area contributed by atoms with Crippen molar-refractivity contribution in [2.75, 3.05) is 13.2 Å². The monoisotopic (exact) mass is 1390 g/mol. The Morgan fingerprint density at radius 1 is 0.465 bits per heavy atom. The molecule has 0 saturated carbocycles. The Morgan fingerprint density at radius 3 is 1.28 bits per heavy atom. The summed E-state index contributed by atoms with van der Waals surface area (Å²) >= 11 is 3.35. The average molecular weight is 1390 g/mol. The van der Waals surface area contributed by atoms with E-state index < -0.39 is 18.6 Å². The zero-order valence-corrected chi connectivity index (χ0v) is 56.4. The summed E-state index contributed by atoms with van der Waals surface area (Å²) in [7, 11) is 2.09. The second-order valence-electron chi connectivity index (χ2n) is 22.5. The second kappa shape index (κ2) is 36.7. The number of halogens is 1. The third-order valence-electron chi connectivity index (χ3n) is 15.2. The fraction of sp³-hybridized carbons (Fsp3) is 0.173. The summed E-state index contributed by atoms with van der Waals surface area (Å²) in [5.41, 5.74) is 13.7. The molecule has 0 saturated heterocycles. The molecule has 6 heterocycles. The fourth-order valence-electron chi connectivity index (χ4n) is 10.3. The summed E-state index contributed by atoms with van der Waals surface area (Å²) in [6.07, 6.45) is 10.2. The molecule has 0 spiro atoms. The summed E-state index contributed by atoms with van der Waals surface area (Å²) in [4.78, 5) is 64.1. The van der Waals surface area contributed by atoms with Crippen LogP contribution in [0.15, 0.2) is 276 Å². The van der Waals surface area contributed by atoms with E-state index in [0.717, 1.165) is 39.6 Å². The fourth-order valence-corrected chi connectivity index (χ4v) is 10.7. The van der Waals surface area contributed by atoms with Gasteiger partial charge < -0.3 is 38.2 Å². The first kappa shape index (κ1) is 72.0. The van der Waals surface area contributed by atoms with Crippen molar-refractivity contribution in [3.63, 3.8) is 0 Å². The van der Waals surface area contributed by atoms with Crippen LogP contribution in [-0.4, -0.2) is 98.8 Å². The third kappa shape index (κ3) is 21.1. The van der Waals surface area contributed by atoms with Crippen molar-refractivity contribution in [2.24, 2.45) is 14.1 Å². The molecule has 8 aromatic carbocycles. The first-order valence-electron chi connectivity index (χ1n) is 31.8. The number of aryl methyl sites for hydroxylation is 5. The van der Waals surface area contributed by atoms with Crippen molar-refractivity contribution in [3.8, 4) is 33.4 Å². The number of nitrogens with one attached hydrogen (secondary N) is 1. The Bertz CT molecular complexity index is 4970. The van der Waals surface area contributed by atoms with Crippen LogP contribution in [0.2, 0.25) is 0 Å². The smallest absolute Gasteiger partial charge is 0.423 e. The number of benzene rings is 8. The first-order chi connectivity index (χ1) is 48.2. The van der Waals surface area contributed by atoms with Gasteiger partial charge in [0.05, 0.1) is 19.2 Å². The highest BCUT2D eigenvalue weighted by atomic mass is 79.9. The van der Waals surface area contributed by atoms with Crippen molar-refractivity contribution in [1.29, 1.82) is 0 Å². The minimum atomic E-state index is -1.34. The predicted octanol–water partition coefficient (Wildman–Crippen LogP) is 9.64. The van der Waals surface area contributed by atoms with Gasteiger partial charge in [-0.2, -0.15) is 4.68 Å². The highest BCUT2D eigenvalue weighted by Gasteiger charge is 2.15. The molecule has 0 amide bonds. The molecule has 0 unspecified atom stereocenters. The molecule has 6 aromatic heterocycles. The number of aromatic nitrogens is 12. The molecule has 504 valence electrons. The molecule has 0 fully saturated rings. The van der Waals surface area contributed by atoms with Crippen LogP contribution < -0.4 is 28.1 Å². The van der Waals surface area contributed by atoms with Gasteiger partial charge in [-0.1, -0.05) is 236 Å². The van der Waals surface area contributed by atoms with Crippen LogP contribution in [0.5, 0.6) is 0 Å². The summed E-state index contributed by atoms with van der Waals surface area (Å²) in [6, 6.07) is 72.9. The number of hydrogen-bond acceptors (Lipinski definition) is 16. The van der Waals surface area contributed by atoms with E-state index in [4.69, 9.17) is 29.1 Å². The van der Waals surface area contributed by atoms with Gasteiger partial charge in [0.15, 0.2) is 22.3 Å². The van der Waals surface area contributed by atoms with Crippen LogP contribution in [0.3, 0.4) is 0 Å². The van der Waals surface area contributed by atoms with Gasteiger partial charge in [-0.3, -0.25) is 18.7 Å². The zero-order chi connectivity index (χ0) is 69.9. The Kier molecular flexibility index (Phi) is 26.7. The molecule has 0 aliphatic rings. The van der Waals surface area contributed by atoms with Gasteiger partial charge in [0.1, 0.15) is 25.7 Å². The average Bonchev–Trinajstić information content (AvgIpc) is 1.68. The second-order valence-corrected chi connectivity index (χ2v) is 23.4. The molecule has 0 atom stereocenters. The molecule has 99 heavy (non-hydrogen) atoms. The van der Waals surface area contributed by atoms with E-state index in [2.05, 4.69) is 161 Å². The number of H-pyrrole nitrogens is 1. The van der Waals surface area contributed by atoms with Crippen molar-refractivity contribution in [2.45, 2.75) is 58.7 Å². The summed E-state index contributed by atoms with van der Waals surface area (Å²) in [6.45, 7) is 3.06. The molecule has 0 aliphatic heterocycles. The number of aliphatic hydroxyl groups is 2. The Morgan fingerprint density at radius 2 is 0.869 bits per heavy atom. The number of fused-ring (bicyclic) bond motifs is 2. The van der Waals surface area contributed by atoms with Crippen LogP contribution >= 0.6 is 15.9 Å². The maximum atomic E-state index is 12.7. The maximum Gasteiger partial charge on any atom is 0.488 e. The normalized spacial score (nSPS) is 10.6. The quantitative estimate of drug-likeness (QED) is 0.0530. The van der Waals surface area contributed by atoms with Crippen molar-refractivity contribution in [1.82, 2.24) is 58.2 Å². The van der Waals surface area contributed by atoms with E-state index in [1.807, 2.05) is 91.0 Å². The van der Waals surface area contributed by atoms with E-state index in [-0.39, 0.29) is 49.2 Å². The molecule has 0 bridgehead atoms. The molecule has 14 aromatic rings. The van der Waals surface area contributed by atoms with Crippen molar-refractivity contribution in [3.05, 3.63) is 324 Å². The Labute approximate surface area is 578 Å². The number of nitrogens with zero attached hydrogens (tertiary/aromatic N) is 11. The van der Waals surface area contributed by atoms with E-state index in [1.165, 1.54) is 85.3 Å². The van der Waals surface area contributed by atoms with Crippen LogP contribution in [0, 0.1) is 0 Å². The van der Waals surface area contributed by atoms with Crippen LogP contribution in [-0.2, 0) is 59.4 Å². The summed E-state index contributed by atoms with van der Waals surface area (Å²) in [5, 5.41) is 44.6. The van der Waals surface area contributed by atoms with Crippen LogP contribution in [0.1, 0.15) is 47.4 Å². The van der Waals surface area contributed by atoms with Gasteiger partial charge in [0.2, 0.25) is 11.8 Å². The molecule has 0 radical (unpaired) electrons. The Hall–Kier alpha value is -11.3. The van der Waals surface area contributed by atoms with Gasteiger partial charge in [0, 0.05) is 31.8 Å². The zero-order valence-electron chi connectivity index (χ0n) is 54.8. The number of imidazole rings is 2. The number of aromatic amines is 1. The lowest BCUT2D eigenvalue weighted by Crippen LogP contribution is -2.29. The third-order valence-corrected chi connectivity index (χ3v) is 15.7. The largest absolute Gasteiger partial charge is 0.488 e. The van der Waals surface area contributed by atoms with Gasteiger partial charge in [-0.15, -0.1) is 10.2 Å². The maximum absolute atomic E-state index is 12.7. The highest BCUT2D eigenvalue weighted by molar-refractivity contribution is 9.10. The van der Waals surface area contributed by atoms with E-state index in [1.54, 1.807) is 47.5 Å². The SMILES string of the molecule is CCCc1cccc(-c2ccccc2)c1.Cn1cnc2ncn(Cc3n[nH]c(=O)o3)c(=O)c21.Cn1cnc2ncn(Cc3nn(CCc4cccc(-c5ccccc5)c4)c(=O)o3)c(=O)c21.OB(O)c1ccccc1.OCCc1cccc(-c2ccccc2)c1.OCCc1cccc(Br)c1. The van der Waals surface area contributed by atoms with Crippen molar-refractivity contribution < 1.29 is 29.1 Å². The number of aliphatic hydroxyl groups excluding tert-OH is 2. The van der Waals surface area contributed by atoms with Gasteiger partial charge in [-0.25, -0.2) is 34.6 Å². The van der Waals surface area contributed by atoms with Crippen LogP contribution in [0.4, 0.5) is 0 Å². The lowest BCUT2D eigenvalue weighted by molar-refractivity contribution is 0.299. The molecule has 24 heteroatoms. The highest BCUT2D eigenvalue weighted by Crippen LogP contribution is 2.23. The lowest BCUT2D eigenvalue weighted by Gasteiger charge is -2.05. The number of hydrogen-bond donors (Lipinski definition) is 5. The molecule has 0 aliphatic carbocycles. The minimum absolute atomic E-state index is 0.0126. The van der Waals surface area contributed by atoms with Gasteiger partial charge >= 0.3 is 18.6 Å². The topological polar surface area (TPSA) is 293 Å². The van der Waals surface area contributed by atoms with Gasteiger partial charge in [-0.05, 0) is 98.9 Å². The molecule has 14 rings (SSSR count). The minimum Gasteiger partial charge on any atom is -0.423 e. The van der Waals surface area contributed by atoms with Crippen molar-refractivity contribution >= 4 is 50.8 Å². The Balaban J connectivity index is 0.000000147. The lowest BCUT2D eigenvalue weighted by atomic mass is 9.81. The summed E-state index contributed by atoms with van der Waals surface area (Å²) < 4.78 is 18.2. The molecular formula is C75H74BBrN12O10. The number of rotatable bonds is 17. The molecule has 22 nitrogen and oxygen atoms in total. The predicted molar refractivity (Wildman–Crippen MR) is 387 cm³/mol. The van der Waals surface area contributed by atoms with Crippen LogP contribution in [0.25, 0.3) is 55.7 Å². The first-order valence-corrected chi connectivity index (χ1v) is 32.6. The summed E-state index contributed by atoms with van der Waals surface area (Å²) in [5.74, 6) is -0.946. The molecular weight excluding hydrogens is 1320 g/mol. The van der Waals surface area contributed by atoms with E-state index >= 15 is 0 Å². The molecule has 5 N–H and O–H groups in total. The van der Waals surface area contributed by atoms with E-state index in [9.17, 15) is 19.2 Å². The van der Waals surface area contributed by atoms with Gasteiger partial charge in [0.25, 0.3) is 11.1 Å². The van der Waals surface area contributed by atoms with E-state index in [0.29, 0.717) is 40.8 Å².